The van der Waals surface area contributed by atoms with Gasteiger partial charge in [0.15, 0.2) is 5.78 Å². The minimum atomic E-state index is -0.190. The second-order valence-electron chi connectivity index (χ2n) is 7.80. The van der Waals surface area contributed by atoms with Crippen LogP contribution < -0.4 is 4.90 Å². The molecule has 2 rings (SSSR count). The third-order valence-corrected chi connectivity index (χ3v) is 4.73. The van der Waals surface area contributed by atoms with Crippen LogP contribution in [0.3, 0.4) is 0 Å². The van der Waals surface area contributed by atoms with Crippen molar-refractivity contribution in [2.75, 3.05) is 4.90 Å². The van der Waals surface area contributed by atoms with E-state index in [1.54, 1.807) is 6.92 Å². The number of rotatable bonds is 3. The molecule has 1 aliphatic rings. The summed E-state index contributed by atoms with van der Waals surface area (Å²) >= 11 is 0. The Hall–Kier alpha value is -2.36. The second kappa shape index (κ2) is 6.51. The lowest BCUT2D eigenvalue weighted by molar-refractivity contribution is -0.114. The van der Waals surface area contributed by atoms with Gasteiger partial charge in [-0.25, -0.2) is 0 Å². The molecule has 1 aliphatic heterocycles. The van der Waals surface area contributed by atoms with Crippen LogP contribution in [0, 0.1) is 5.41 Å². The zero-order valence-electron chi connectivity index (χ0n) is 16.4. The van der Waals surface area contributed by atoms with Gasteiger partial charge in [0.25, 0.3) is 0 Å². The monoisotopic (exact) mass is 339 g/mol. The first-order chi connectivity index (χ1) is 11.5. The normalized spacial score (nSPS) is 18.7. The molecule has 1 N–H and O–H groups in total. The predicted octanol–water partition coefficient (Wildman–Crippen LogP) is 4.83. The van der Waals surface area contributed by atoms with Gasteiger partial charge >= 0.3 is 0 Å². The zero-order valence-corrected chi connectivity index (χ0v) is 16.4. The number of guanidine groups is 1. The van der Waals surface area contributed by atoms with Gasteiger partial charge in [-0.1, -0.05) is 39.5 Å². The van der Waals surface area contributed by atoms with Crippen molar-refractivity contribution in [3.63, 3.8) is 0 Å². The van der Waals surface area contributed by atoms with Crippen molar-refractivity contribution in [2.24, 2.45) is 0 Å². The lowest BCUT2D eigenvalue weighted by Crippen LogP contribution is -2.52. The number of anilines is 1. The van der Waals surface area contributed by atoms with Gasteiger partial charge in [0, 0.05) is 22.7 Å². The Morgan fingerprint density at radius 1 is 1.24 bits per heavy atom. The quantitative estimate of drug-likeness (QED) is 0.858. The highest BCUT2D eigenvalue weighted by Crippen LogP contribution is 2.34. The second-order valence-corrected chi connectivity index (χ2v) is 7.80. The first-order valence-electron chi connectivity index (χ1n) is 8.62. The molecule has 25 heavy (non-hydrogen) atoms. The molecule has 0 aromatic heterocycles. The maximum Gasteiger partial charge on any atom is 0.207 e. The van der Waals surface area contributed by atoms with Gasteiger partial charge in [-0.15, -0.1) is 0 Å². The van der Waals surface area contributed by atoms with Crippen LogP contribution in [-0.2, 0) is 10.2 Å². The van der Waals surface area contributed by atoms with E-state index in [4.69, 9.17) is 5.41 Å². The molecule has 4 heteroatoms. The number of nitrogens with one attached hydrogen (secondary N) is 1. The molecule has 0 saturated carbocycles. The Kier molecular flexibility index (Phi) is 4.94. The van der Waals surface area contributed by atoms with E-state index in [-0.39, 0.29) is 17.2 Å². The van der Waals surface area contributed by atoms with E-state index < -0.39 is 0 Å². The number of ketones is 1. The van der Waals surface area contributed by atoms with Gasteiger partial charge < -0.3 is 4.90 Å². The summed E-state index contributed by atoms with van der Waals surface area (Å²) in [5.74, 6) is 0.356. The van der Waals surface area contributed by atoms with E-state index >= 15 is 0 Å². The minimum Gasteiger partial charge on any atom is -0.309 e. The van der Waals surface area contributed by atoms with Gasteiger partial charge in [0.05, 0.1) is 6.04 Å². The number of allylic oxidation sites excluding steroid dienone is 2. The molecule has 0 bridgehead atoms. The Balaban J connectivity index is 2.68. The molecule has 0 amide bonds. The molecule has 4 nitrogen and oxygen atoms in total. The van der Waals surface area contributed by atoms with Crippen molar-refractivity contribution < 1.29 is 4.79 Å². The molecule has 0 spiro atoms. The molecule has 1 atom stereocenters. The highest BCUT2D eigenvalue weighted by Gasteiger charge is 2.36. The van der Waals surface area contributed by atoms with Crippen LogP contribution in [-0.4, -0.2) is 22.7 Å². The number of carbonyl (C=O) groups excluding carboxylic acids is 1. The summed E-state index contributed by atoms with van der Waals surface area (Å²) in [5, 5.41) is 8.73. The average molecular weight is 339 g/mol. The van der Waals surface area contributed by atoms with E-state index in [0.29, 0.717) is 5.96 Å². The fourth-order valence-corrected chi connectivity index (χ4v) is 3.49. The number of benzene rings is 1. The van der Waals surface area contributed by atoms with E-state index in [9.17, 15) is 4.79 Å². The maximum absolute atomic E-state index is 12.3. The molecule has 0 unspecified atom stereocenters. The number of hydrogen-bond acceptors (Lipinski definition) is 2. The SMILES string of the molecule is C=C(C)N1C(=N)N(c2cccc(C(C)(C)C)c2)C(C)=C(C(C)=O)[C@H]1C. The van der Waals surface area contributed by atoms with Crippen molar-refractivity contribution in [3.05, 3.63) is 53.4 Å². The largest absolute Gasteiger partial charge is 0.309 e. The van der Waals surface area contributed by atoms with Gasteiger partial charge in [-0.2, -0.15) is 0 Å². The summed E-state index contributed by atoms with van der Waals surface area (Å²) in [6, 6.07) is 8.00. The molecular weight excluding hydrogens is 310 g/mol. The van der Waals surface area contributed by atoms with Crippen molar-refractivity contribution in [1.82, 2.24) is 4.90 Å². The van der Waals surface area contributed by atoms with Crippen molar-refractivity contribution in [1.29, 1.82) is 5.41 Å². The van der Waals surface area contributed by atoms with Crippen molar-refractivity contribution in [3.8, 4) is 0 Å². The fraction of sp³-hybridized carbons (Fsp3) is 0.429. The Morgan fingerprint density at radius 3 is 2.32 bits per heavy atom. The lowest BCUT2D eigenvalue weighted by Gasteiger charge is -2.44. The highest BCUT2D eigenvalue weighted by atomic mass is 16.1. The third-order valence-electron chi connectivity index (χ3n) is 4.73. The summed E-state index contributed by atoms with van der Waals surface area (Å²) in [7, 11) is 0. The summed E-state index contributed by atoms with van der Waals surface area (Å²) in [6.45, 7) is 17.8. The summed E-state index contributed by atoms with van der Waals surface area (Å²) in [5.41, 5.74) is 4.38. The van der Waals surface area contributed by atoms with Crippen molar-refractivity contribution in [2.45, 2.75) is 59.9 Å². The van der Waals surface area contributed by atoms with E-state index in [0.717, 1.165) is 22.7 Å². The summed E-state index contributed by atoms with van der Waals surface area (Å²) < 4.78 is 0. The lowest BCUT2D eigenvalue weighted by atomic mass is 9.86. The number of carbonyl (C=O) groups is 1. The van der Waals surface area contributed by atoms with Gasteiger partial charge in [0.1, 0.15) is 0 Å². The summed E-state index contributed by atoms with van der Waals surface area (Å²) in [4.78, 5) is 15.9. The fourth-order valence-electron chi connectivity index (χ4n) is 3.49. The molecule has 1 aromatic rings. The first kappa shape index (κ1) is 19.0. The zero-order chi connectivity index (χ0) is 19.1. The molecule has 0 saturated heterocycles. The Bertz CT molecular complexity index is 768. The van der Waals surface area contributed by atoms with Crippen LogP contribution in [0.4, 0.5) is 5.69 Å². The Labute approximate surface area is 151 Å². The molecule has 134 valence electrons. The molecular formula is C21H29N3O. The summed E-state index contributed by atoms with van der Waals surface area (Å²) in [6.07, 6.45) is 0. The molecule has 0 radical (unpaired) electrons. The van der Waals surface area contributed by atoms with Crippen LogP contribution in [0.1, 0.15) is 54.0 Å². The molecule has 1 aromatic carbocycles. The average Bonchev–Trinajstić information content (AvgIpc) is 2.45. The number of hydrogen-bond donors (Lipinski definition) is 1. The first-order valence-corrected chi connectivity index (χ1v) is 8.62. The molecule has 0 fully saturated rings. The van der Waals surface area contributed by atoms with Gasteiger partial charge in [-0.05, 0) is 50.8 Å². The predicted molar refractivity (Wildman–Crippen MR) is 105 cm³/mol. The minimum absolute atomic E-state index is 0.0103. The standard InChI is InChI=1S/C21H29N3O/c1-13(2)23-14(3)19(16(5)25)15(4)24(20(23)22)18-11-9-10-17(12-18)21(6,7)8/h9-12,14,22H,1H2,2-8H3/t14-/m1/s1. The van der Waals surface area contributed by atoms with Gasteiger partial charge in [-0.3, -0.25) is 15.1 Å². The van der Waals surface area contributed by atoms with E-state index in [1.807, 2.05) is 42.7 Å². The van der Waals surface area contributed by atoms with E-state index in [2.05, 4.69) is 39.5 Å². The smallest absolute Gasteiger partial charge is 0.207 e. The number of nitrogens with zero attached hydrogens (tertiary/aromatic N) is 2. The van der Waals surface area contributed by atoms with Crippen LogP contribution in [0.15, 0.2) is 47.8 Å². The Morgan fingerprint density at radius 2 is 1.84 bits per heavy atom. The topological polar surface area (TPSA) is 47.4 Å². The molecule has 0 aliphatic carbocycles. The molecule has 1 heterocycles. The number of Topliss-reactive ketones (excluding diaryl/α,β-unsaturated/α-hetero) is 1. The van der Waals surface area contributed by atoms with Crippen LogP contribution in [0.2, 0.25) is 0 Å². The van der Waals surface area contributed by atoms with Gasteiger partial charge in [0.2, 0.25) is 5.96 Å². The van der Waals surface area contributed by atoms with Crippen LogP contribution in [0.25, 0.3) is 0 Å². The maximum atomic E-state index is 12.3. The van der Waals surface area contributed by atoms with Crippen LogP contribution in [0.5, 0.6) is 0 Å². The van der Waals surface area contributed by atoms with Crippen molar-refractivity contribution >= 4 is 17.4 Å². The highest BCUT2D eigenvalue weighted by molar-refractivity contribution is 6.06. The van der Waals surface area contributed by atoms with Crippen LogP contribution >= 0.6 is 0 Å². The third kappa shape index (κ3) is 3.39. The van der Waals surface area contributed by atoms with E-state index in [1.165, 1.54) is 5.56 Å².